The van der Waals surface area contributed by atoms with Crippen LogP contribution in [0, 0.1) is 0 Å². The number of nitrogens with zero attached hydrogens (tertiary/aromatic N) is 1. The van der Waals surface area contributed by atoms with Gasteiger partial charge in [-0.05, 0) is 69.8 Å². The molecule has 0 unspecified atom stereocenters. The Hall–Kier alpha value is -2.08. The summed E-state index contributed by atoms with van der Waals surface area (Å²) in [6.07, 6.45) is 8.83. The molecule has 2 atom stereocenters. The van der Waals surface area contributed by atoms with E-state index in [1.54, 1.807) is 0 Å². The van der Waals surface area contributed by atoms with Gasteiger partial charge in [0, 0.05) is 19.5 Å². The van der Waals surface area contributed by atoms with Crippen molar-refractivity contribution in [2.24, 2.45) is 0 Å². The Bertz CT molecular complexity index is 744. The number of rotatable bonds is 5. The van der Waals surface area contributed by atoms with Gasteiger partial charge in [0.1, 0.15) is 0 Å². The van der Waals surface area contributed by atoms with Crippen molar-refractivity contribution in [3.63, 3.8) is 0 Å². The van der Waals surface area contributed by atoms with Gasteiger partial charge in [0.25, 0.3) is 0 Å². The Morgan fingerprint density at radius 3 is 2.61 bits per heavy atom. The van der Waals surface area contributed by atoms with E-state index in [0.717, 1.165) is 57.9 Å². The molecule has 2 saturated heterocycles. The minimum absolute atomic E-state index is 0.0391. The lowest BCUT2D eigenvalue weighted by Crippen LogP contribution is -2.69. The molecule has 2 N–H and O–H groups in total. The van der Waals surface area contributed by atoms with Crippen LogP contribution in [0.1, 0.15) is 76.2 Å². The van der Waals surface area contributed by atoms with E-state index >= 15 is 0 Å². The van der Waals surface area contributed by atoms with Gasteiger partial charge >= 0.3 is 6.03 Å². The quantitative estimate of drug-likeness (QED) is 0.747. The Labute approximate surface area is 186 Å². The van der Waals surface area contributed by atoms with Crippen molar-refractivity contribution in [1.29, 1.82) is 0 Å². The van der Waals surface area contributed by atoms with Crippen LogP contribution in [0.4, 0.5) is 4.79 Å². The lowest BCUT2D eigenvalue weighted by Gasteiger charge is -2.52. The predicted octanol–water partition coefficient (Wildman–Crippen LogP) is 3.96. The van der Waals surface area contributed by atoms with Crippen LogP contribution in [0.3, 0.4) is 0 Å². The average Bonchev–Trinajstić information content (AvgIpc) is 2.79. The minimum Gasteiger partial charge on any atom is -0.376 e. The van der Waals surface area contributed by atoms with Crippen molar-refractivity contribution in [2.75, 3.05) is 19.7 Å². The molecule has 0 bridgehead atoms. The molecule has 170 valence electrons. The monoisotopic (exact) mass is 427 g/mol. The molecule has 4 rings (SSSR count). The normalized spacial score (nSPS) is 31.3. The van der Waals surface area contributed by atoms with E-state index in [1.165, 1.54) is 5.56 Å². The number of hydrogen-bond acceptors (Lipinski definition) is 3. The third-order valence-electron chi connectivity index (χ3n) is 7.47. The highest BCUT2D eigenvalue weighted by atomic mass is 16.5. The number of carbonyl (C=O) groups is 2. The summed E-state index contributed by atoms with van der Waals surface area (Å²) in [6.45, 7) is 3.76. The lowest BCUT2D eigenvalue weighted by molar-refractivity contribution is -0.129. The molecule has 1 aliphatic carbocycles. The van der Waals surface area contributed by atoms with Gasteiger partial charge in [-0.1, -0.05) is 30.3 Å². The first-order chi connectivity index (χ1) is 15.1. The molecule has 1 aromatic rings. The van der Waals surface area contributed by atoms with Crippen LogP contribution in [0.2, 0.25) is 0 Å². The number of likely N-dealkylation sites (tertiary alicyclic amines) is 1. The molecule has 31 heavy (non-hydrogen) atoms. The molecule has 1 saturated carbocycles. The summed E-state index contributed by atoms with van der Waals surface area (Å²) in [5, 5.41) is 6.24. The summed E-state index contributed by atoms with van der Waals surface area (Å²) in [7, 11) is 0. The highest BCUT2D eigenvalue weighted by molar-refractivity contribution is 5.79. The fourth-order valence-corrected chi connectivity index (χ4v) is 5.85. The lowest BCUT2D eigenvalue weighted by atomic mass is 9.75. The van der Waals surface area contributed by atoms with Crippen LogP contribution >= 0.6 is 0 Å². The molecule has 2 aliphatic heterocycles. The molecule has 3 amide bonds. The van der Waals surface area contributed by atoms with E-state index in [0.29, 0.717) is 25.5 Å². The van der Waals surface area contributed by atoms with E-state index in [9.17, 15) is 9.59 Å². The van der Waals surface area contributed by atoms with Gasteiger partial charge in [-0.3, -0.25) is 4.79 Å². The molecule has 6 nitrogen and oxygen atoms in total. The smallest absolute Gasteiger partial charge is 0.317 e. The Morgan fingerprint density at radius 2 is 1.90 bits per heavy atom. The molecular formula is C25H37N3O3. The number of amides is 3. The largest absolute Gasteiger partial charge is 0.376 e. The van der Waals surface area contributed by atoms with Crippen molar-refractivity contribution < 1.29 is 14.3 Å². The van der Waals surface area contributed by atoms with Gasteiger partial charge in [-0.15, -0.1) is 0 Å². The molecule has 1 spiro atoms. The van der Waals surface area contributed by atoms with Gasteiger partial charge in [0.15, 0.2) is 0 Å². The van der Waals surface area contributed by atoms with Crippen molar-refractivity contribution in [3.8, 4) is 0 Å². The van der Waals surface area contributed by atoms with Crippen LogP contribution < -0.4 is 10.6 Å². The summed E-state index contributed by atoms with van der Waals surface area (Å²) in [5.41, 5.74) is 1.08. The second-order valence-electron chi connectivity index (χ2n) is 9.42. The van der Waals surface area contributed by atoms with Crippen molar-refractivity contribution in [1.82, 2.24) is 15.5 Å². The first-order valence-electron chi connectivity index (χ1n) is 12.1. The Morgan fingerprint density at radius 1 is 1.16 bits per heavy atom. The predicted molar refractivity (Wildman–Crippen MR) is 121 cm³/mol. The first-order valence-corrected chi connectivity index (χ1v) is 12.1. The van der Waals surface area contributed by atoms with E-state index in [-0.39, 0.29) is 29.6 Å². The zero-order chi connectivity index (χ0) is 21.7. The molecule has 1 aromatic carbocycles. The summed E-state index contributed by atoms with van der Waals surface area (Å²) >= 11 is 0. The highest BCUT2D eigenvalue weighted by Gasteiger charge is 2.48. The summed E-state index contributed by atoms with van der Waals surface area (Å²) in [6, 6.07) is 10.6. The van der Waals surface area contributed by atoms with Gasteiger partial charge in [-0.25, -0.2) is 4.79 Å². The second-order valence-corrected chi connectivity index (χ2v) is 9.42. The van der Waals surface area contributed by atoms with Gasteiger partial charge < -0.3 is 20.3 Å². The molecule has 0 radical (unpaired) electrons. The maximum absolute atomic E-state index is 12.8. The SMILES string of the molecule is CCNC(=O)N1CCC[C@@]2(CCCC(=O)N2)[C@@H]1COC1CCC(c2ccccc2)CC1. The summed E-state index contributed by atoms with van der Waals surface area (Å²) in [4.78, 5) is 27.0. The number of piperidine rings is 2. The van der Waals surface area contributed by atoms with E-state index in [4.69, 9.17) is 4.74 Å². The van der Waals surface area contributed by atoms with Crippen LogP contribution in [0.5, 0.6) is 0 Å². The average molecular weight is 428 g/mol. The van der Waals surface area contributed by atoms with E-state index in [2.05, 4.69) is 41.0 Å². The number of carbonyl (C=O) groups excluding carboxylic acids is 2. The standard InChI is InChI=1S/C25H37N3O3/c1-2-26-24(30)28-17-7-16-25(15-6-10-23(29)27-25)22(28)18-31-21-13-11-20(12-14-21)19-8-4-3-5-9-19/h3-5,8-9,20-22H,2,6-7,10-18H2,1H3,(H,26,30)(H,27,29)/t20?,21?,22-,25-/m0/s1. The van der Waals surface area contributed by atoms with Crippen LogP contribution in [0.15, 0.2) is 30.3 Å². The third-order valence-corrected chi connectivity index (χ3v) is 7.47. The number of hydrogen-bond donors (Lipinski definition) is 2. The van der Waals surface area contributed by atoms with Crippen LogP contribution in [0.25, 0.3) is 0 Å². The number of nitrogens with one attached hydrogen (secondary N) is 2. The summed E-state index contributed by atoms with van der Waals surface area (Å²) < 4.78 is 6.46. The fourth-order valence-electron chi connectivity index (χ4n) is 5.85. The van der Waals surface area contributed by atoms with Gasteiger partial charge in [0.05, 0.1) is 24.3 Å². The van der Waals surface area contributed by atoms with E-state index in [1.807, 2.05) is 11.8 Å². The number of ether oxygens (including phenoxy) is 1. The van der Waals surface area contributed by atoms with Crippen LogP contribution in [-0.4, -0.2) is 54.2 Å². The molecular weight excluding hydrogens is 390 g/mol. The Kier molecular flexibility index (Phi) is 7.16. The highest BCUT2D eigenvalue weighted by Crippen LogP contribution is 2.37. The van der Waals surface area contributed by atoms with Gasteiger partial charge in [0.2, 0.25) is 5.91 Å². The zero-order valence-corrected chi connectivity index (χ0v) is 18.8. The molecule has 3 fully saturated rings. The zero-order valence-electron chi connectivity index (χ0n) is 18.8. The molecule has 2 heterocycles. The van der Waals surface area contributed by atoms with Crippen LogP contribution in [-0.2, 0) is 9.53 Å². The second kappa shape index (κ2) is 10.0. The number of benzene rings is 1. The third kappa shape index (κ3) is 5.05. The Balaban J connectivity index is 1.40. The molecule has 6 heteroatoms. The van der Waals surface area contributed by atoms with Gasteiger partial charge in [-0.2, -0.15) is 0 Å². The maximum Gasteiger partial charge on any atom is 0.317 e. The maximum atomic E-state index is 12.8. The van der Waals surface area contributed by atoms with Crippen molar-refractivity contribution in [3.05, 3.63) is 35.9 Å². The molecule has 3 aliphatic rings. The summed E-state index contributed by atoms with van der Waals surface area (Å²) in [5.74, 6) is 0.726. The first kappa shape index (κ1) is 22.1. The van der Waals surface area contributed by atoms with Crippen molar-refractivity contribution in [2.45, 2.75) is 88.3 Å². The minimum atomic E-state index is -0.347. The topological polar surface area (TPSA) is 70.7 Å². The molecule has 0 aromatic heterocycles. The van der Waals surface area contributed by atoms with E-state index < -0.39 is 0 Å². The fraction of sp³-hybridized carbons (Fsp3) is 0.680. The number of urea groups is 1. The van der Waals surface area contributed by atoms with Crippen molar-refractivity contribution >= 4 is 11.9 Å².